The lowest BCUT2D eigenvalue weighted by Gasteiger charge is -2.32. The summed E-state index contributed by atoms with van der Waals surface area (Å²) in [6.45, 7) is 8.63. The molecule has 2 N–H and O–H groups in total. The monoisotopic (exact) mass is 569 g/mol. The van der Waals surface area contributed by atoms with Crippen molar-refractivity contribution in [3.63, 3.8) is 0 Å². The van der Waals surface area contributed by atoms with E-state index >= 15 is 0 Å². The molecular weight excluding hydrogens is 537 g/mol. The van der Waals surface area contributed by atoms with Crippen LogP contribution in [0.4, 0.5) is 5.82 Å². The van der Waals surface area contributed by atoms with Crippen LogP contribution in [0.15, 0.2) is 42.5 Å². The van der Waals surface area contributed by atoms with Crippen molar-refractivity contribution in [1.82, 2.24) is 30.7 Å². The Bertz CT molecular complexity index is 1260. The van der Waals surface area contributed by atoms with E-state index in [1.807, 2.05) is 30.3 Å². The summed E-state index contributed by atoms with van der Waals surface area (Å²) in [4.78, 5) is 20.6. The molecule has 1 amide bonds. The molecule has 9 nitrogen and oxygen atoms in total. The van der Waals surface area contributed by atoms with Crippen molar-refractivity contribution in [2.24, 2.45) is 5.92 Å². The van der Waals surface area contributed by atoms with Crippen LogP contribution in [0.2, 0.25) is 10.0 Å². The standard InChI is InChI=1S/C28H33Cl2N7O2/c1-19(38)32-17-20-4-8-36(9-5-20)18-21-12-25(22-14-23(29)16-24(30)15-22)33-28(13-21)39-27-3-2-26(34-35-27)37-10-6-31-7-11-37/h2-3,12-16,20,31H,4-11,17-18H2,1H3,(H,32,38). The number of amides is 1. The number of likely N-dealkylation sites (tertiary alicyclic amines) is 1. The molecule has 39 heavy (non-hydrogen) atoms. The lowest BCUT2D eigenvalue weighted by molar-refractivity contribution is -0.119. The predicted octanol–water partition coefficient (Wildman–Crippen LogP) is 4.40. The SMILES string of the molecule is CC(=O)NCC1CCN(Cc2cc(Oc3ccc(N4CCNCC4)nn3)nc(-c3cc(Cl)cc(Cl)c3)c2)CC1. The van der Waals surface area contributed by atoms with Crippen LogP contribution in [0.3, 0.4) is 0 Å². The largest absolute Gasteiger partial charge is 0.419 e. The minimum atomic E-state index is 0.0264. The van der Waals surface area contributed by atoms with Gasteiger partial charge in [0.15, 0.2) is 5.82 Å². The molecule has 1 aromatic carbocycles. The molecule has 0 saturated carbocycles. The molecule has 2 fully saturated rings. The van der Waals surface area contributed by atoms with Gasteiger partial charge >= 0.3 is 0 Å². The van der Waals surface area contributed by atoms with Crippen LogP contribution in [0.5, 0.6) is 11.8 Å². The maximum atomic E-state index is 11.3. The molecule has 0 bridgehead atoms. The van der Waals surface area contributed by atoms with E-state index in [2.05, 4.69) is 36.7 Å². The molecule has 2 saturated heterocycles. The number of ether oxygens (including phenoxy) is 1. The first-order valence-corrected chi connectivity index (χ1v) is 14.1. The fourth-order valence-electron chi connectivity index (χ4n) is 4.98. The zero-order valence-electron chi connectivity index (χ0n) is 22.0. The average molecular weight is 571 g/mol. The second-order valence-electron chi connectivity index (χ2n) is 10.1. The third-order valence-electron chi connectivity index (χ3n) is 7.05. The topological polar surface area (TPSA) is 95.5 Å². The number of piperazine rings is 1. The molecule has 4 heterocycles. The van der Waals surface area contributed by atoms with Gasteiger partial charge in [0.25, 0.3) is 0 Å². The van der Waals surface area contributed by atoms with E-state index in [1.165, 1.54) is 0 Å². The zero-order chi connectivity index (χ0) is 27.2. The van der Waals surface area contributed by atoms with Crippen LogP contribution in [-0.2, 0) is 11.3 Å². The number of anilines is 1. The van der Waals surface area contributed by atoms with Gasteiger partial charge < -0.3 is 20.3 Å². The highest BCUT2D eigenvalue weighted by Gasteiger charge is 2.20. The first-order chi connectivity index (χ1) is 18.9. The van der Waals surface area contributed by atoms with E-state index in [0.717, 1.165) is 87.8 Å². The normalized spacial score (nSPS) is 16.7. The quantitative estimate of drug-likeness (QED) is 0.412. The van der Waals surface area contributed by atoms with Crippen molar-refractivity contribution in [3.8, 4) is 23.0 Å². The van der Waals surface area contributed by atoms with Crippen LogP contribution in [-0.4, -0.2) is 71.8 Å². The van der Waals surface area contributed by atoms with Gasteiger partial charge in [-0.05, 0) is 67.7 Å². The van der Waals surface area contributed by atoms with Gasteiger partial charge in [0.2, 0.25) is 17.7 Å². The molecule has 206 valence electrons. The highest BCUT2D eigenvalue weighted by molar-refractivity contribution is 6.35. The van der Waals surface area contributed by atoms with E-state index in [4.69, 9.17) is 32.9 Å². The smallest absolute Gasteiger partial charge is 0.240 e. The summed E-state index contributed by atoms with van der Waals surface area (Å²) in [5.41, 5.74) is 2.60. The minimum absolute atomic E-state index is 0.0264. The van der Waals surface area contributed by atoms with Crippen molar-refractivity contribution >= 4 is 34.9 Å². The number of hydrogen-bond donors (Lipinski definition) is 2. The molecule has 0 radical (unpaired) electrons. The van der Waals surface area contributed by atoms with Gasteiger partial charge in [-0.1, -0.05) is 23.2 Å². The van der Waals surface area contributed by atoms with E-state index in [-0.39, 0.29) is 5.91 Å². The number of hydrogen-bond acceptors (Lipinski definition) is 8. The van der Waals surface area contributed by atoms with Crippen LogP contribution >= 0.6 is 23.2 Å². The van der Waals surface area contributed by atoms with Crippen LogP contribution in [0.1, 0.15) is 25.3 Å². The van der Waals surface area contributed by atoms with Crippen molar-refractivity contribution in [3.05, 3.63) is 58.1 Å². The fourth-order valence-corrected chi connectivity index (χ4v) is 5.51. The van der Waals surface area contributed by atoms with Gasteiger partial charge in [-0.25, -0.2) is 4.98 Å². The molecule has 3 aromatic rings. The van der Waals surface area contributed by atoms with Crippen molar-refractivity contribution in [1.29, 1.82) is 0 Å². The summed E-state index contributed by atoms with van der Waals surface area (Å²) in [6.07, 6.45) is 2.08. The molecule has 5 rings (SSSR count). The number of carbonyl (C=O) groups is 1. The summed E-state index contributed by atoms with van der Waals surface area (Å²) < 4.78 is 6.10. The summed E-state index contributed by atoms with van der Waals surface area (Å²) in [5, 5.41) is 16.1. The predicted molar refractivity (Wildman–Crippen MR) is 154 cm³/mol. The molecule has 0 aliphatic carbocycles. The van der Waals surface area contributed by atoms with Gasteiger partial charge in [0.1, 0.15) is 0 Å². The highest BCUT2D eigenvalue weighted by Crippen LogP contribution is 2.30. The van der Waals surface area contributed by atoms with Gasteiger partial charge in [-0.3, -0.25) is 9.69 Å². The number of aromatic nitrogens is 3. The van der Waals surface area contributed by atoms with Gasteiger partial charge in [0.05, 0.1) is 5.69 Å². The Morgan fingerprint density at radius 3 is 2.41 bits per heavy atom. The molecule has 0 atom stereocenters. The van der Waals surface area contributed by atoms with Crippen molar-refractivity contribution < 1.29 is 9.53 Å². The van der Waals surface area contributed by atoms with Gasteiger partial charge in [-0.2, -0.15) is 0 Å². The number of nitrogens with one attached hydrogen (secondary N) is 2. The van der Waals surface area contributed by atoms with Gasteiger partial charge in [-0.15, -0.1) is 10.2 Å². The third kappa shape index (κ3) is 7.79. The second kappa shape index (κ2) is 12.9. The Morgan fingerprint density at radius 1 is 1.00 bits per heavy atom. The molecule has 2 aliphatic heterocycles. The van der Waals surface area contributed by atoms with E-state index in [9.17, 15) is 4.79 Å². The summed E-state index contributed by atoms with van der Waals surface area (Å²) in [6, 6.07) is 13.2. The minimum Gasteiger partial charge on any atom is -0.419 e. The third-order valence-corrected chi connectivity index (χ3v) is 7.49. The van der Waals surface area contributed by atoms with E-state index in [0.29, 0.717) is 27.7 Å². The van der Waals surface area contributed by atoms with Crippen molar-refractivity contribution in [2.45, 2.75) is 26.3 Å². The molecule has 0 spiro atoms. The Hall–Kier alpha value is -2.98. The lowest BCUT2D eigenvalue weighted by atomic mass is 9.96. The van der Waals surface area contributed by atoms with Gasteiger partial charge in [0, 0.05) is 73.9 Å². The Balaban J connectivity index is 1.33. The molecule has 2 aliphatic rings. The first kappa shape index (κ1) is 27.6. The molecule has 0 unspecified atom stereocenters. The number of carbonyl (C=O) groups excluding carboxylic acids is 1. The van der Waals surface area contributed by atoms with Crippen molar-refractivity contribution in [2.75, 3.05) is 50.7 Å². The van der Waals surface area contributed by atoms with Crippen LogP contribution in [0.25, 0.3) is 11.3 Å². The average Bonchev–Trinajstić information content (AvgIpc) is 2.93. The number of pyridine rings is 1. The highest BCUT2D eigenvalue weighted by atomic mass is 35.5. The summed E-state index contributed by atoms with van der Waals surface area (Å²) in [7, 11) is 0. The van der Waals surface area contributed by atoms with Crippen LogP contribution < -0.4 is 20.3 Å². The number of halogens is 2. The summed E-state index contributed by atoms with van der Waals surface area (Å²) >= 11 is 12.6. The maximum Gasteiger partial charge on any atom is 0.240 e. The Labute approximate surface area is 238 Å². The second-order valence-corrected chi connectivity index (χ2v) is 11.0. The number of piperidine rings is 1. The molecule has 11 heteroatoms. The summed E-state index contributed by atoms with van der Waals surface area (Å²) in [5.74, 6) is 2.18. The van der Waals surface area contributed by atoms with E-state index in [1.54, 1.807) is 13.0 Å². The van der Waals surface area contributed by atoms with Crippen LogP contribution in [0, 0.1) is 5.92 Å². The maximum absolute atomic E-state index is 11.3. The van der Waals surface area contributed by atoms with E-state index < -0.39 is 0 Å². The first-order valence-electron chi connectivity index (χ1n) is 13.3. The Morgan fingerprint density at radius 2 is 1.74 bits per heavy atom. The lowest BCUT2D eigenvalue weighted by Crippen LogP contribution is -2.43. The number of benzene rings is 1. The zero-order valence-corrected chi connectivity index (χ0v) is 23.5. The molecule has 2 aromatic heterocycles. The Kier molecular flexibility index (Phi) is 9.13. The fraction of sp³-hybridized carbons (Fsp3) is 0.429. The molecular formula is C28H33Cl2N7O2. The number of rotatable bonds is 8. The number of nitrogens with zero attached hydrogens (tertiary/aromatic N) is 5.